The van der Waals surface area contributed by atoms with Gasteiger partial charge in [-0.05, 0) is 92.5 Å². The first-order chi connectivity index (χ1) is 29.2. The molecule has 0 atom stereocenters. The van der Waals surface area contributed by atoms with Crippen molar-refractivity contribution in [3.63, 3.8) is 0 Å². The molecule has 6 rings (SSSR count). The van der Waals surface area contributed by atoms with Crippen LogP contribution in [0.15, 0.2) is 102 Å². The molecule has 3 amide bonds. The molecule has 3 heterocycles. The molecule has 0 unspecified atom stereocenters. The molecular formula is C46H55N4O9S3+. The average Bonchev–Trinajstić information content (AvgIpc) is 3.66. The standard InChI is InChI=1S/C46H54N4O9S3/c1-45(2)36-28-32(30-47-42(51)31-60-26-14-7-6-13-24-50-43(52)34-16-11-12-17-35(34)44(50)53)20-22-38(36)48(5)40(45)18-9-8-10-19-41-46(3,4)37-29-33(62(57,58)59)21-23-39(37)49(41)25-15-27-61(54,55)56/h8-12,16-23,28-29H,6-7,13-15,24-27,30-31H2,1-5H3,(H2-,47,51,54,55,56,57,58,59)/p+1. The zero-order valence-electron chi connectivity index (χ0n) is 35.8. The zero-order chi connectivity index (χ0) is 45.0. The largest absolute Gasteiger partial charge is 0.351 e. The SMILES string of the molecule is C[N+]1=C(/C=C/C=C/C=C2\N(CCCS(=O)(=O)O)c3ccc(S(=O)(=O)O)cc3C2(C)C)C(C)(C)c2cc(CNC(=O)CSCCCCCCN3C(=O)c4ccccc4C3=O)ccc21. The lowest BCUT2D eigenvalue weighted by Gasteiger charge is -2.27. The fourth-order valence-electron chi connectivity index (χ4n) is 8.50. The lowest BCUT2D eigenvalue weighted by molar-refractivity contribution is -0.401. The van der Waals surface area contributed by atoms with Crippen molar-refractivity contribution in [2.45, 2.75) is 82.1 Å². The summed E-state index contributed by atoms with van der Waals surface area (Å²) in [7, 11) is -6.60. The van der Waals surface area contributed by atoms with E-state index in [0.717, 1.165) is 59.7 Å². The molecule has 62 heavy (non-hydrogen) atoms. The zero-order valence-corrected chi connectivity index (χ0v) is 38.2. The van der Waals surface area contributed by atoms with Gasteiger partial charge < -0.3 is 10.2 Å². The minimum Gasteiger partial charge on any atom is -0.351 e. The minimum atomic E-state index is -4.45. The van der Waals surface area contributed by atoms with Crippen LogP contribution in [0.2, 0.25) is 0 Å². The van der Waals surface area contributed by atoms with Crippen molar-refractivity contribution in [3.05, 3.63) is 125 Å². The van der Waals surface area contributed by atoms with E-state index in [2.05, 4.69) is 41.9 Å². The van der Waals surface area contributed by atoms with Crippen molar-refractivity contribution in [1.29, 1.82) is 0 Å². The van der Waals surface area contributed by atoms with Gasteiger partial charge in [0.25, 0.3) is 32.1 Å². The van der Waals surface area contributed by atoms with Crippen LogP contribution in [0, 0.1) is 0 Å². The quantitative estimate of drug-likeness (QED) is 0.0364. The van der Waals surface area contributed by atoms with Crippen LogP contribution in [0.4, 0.5) is 11.4 Å². The summed E-state index contributed by atoms with van der Waals surface area (Å²) in [5, 5.41) is 3.05. The Kier molecular flexibility index (Phi) is 14.2. The van der Waals surface area contributed by atoms with Crippen molar-refractivity contribution < 1.29 is 44.9 Å². The molecular weight excluding hydrogens is 849 g/mol. The molecule has 0 bridgehead atoms. The Bertz CT molecular complexity index is 2580. The Hall–Kier alpha value is -4.87. The van der Waals surface area contributed by atoms with Gasteiger partial charge in [0.05, 0.1) is 32.9 Å². The van der Waals surface area contributed by atoms with Crippen LogP contribution < -0.4 is 10.2 Å². The summed E-state index contributed by atoms with van der Waals surface area (Å²) in [6.45, 7) is 9.27. The molecule has 0 aromatic heterocycles. The highest BCUT2D eigenvalue weighted by molar-refractivity contribution is 7.99. The van der Waals surface area contributed by atoms with E-state index < -0.39 is 31.4 Å². The van der Waals surface area contributed by atoms with E-state index in [1.807, 2.05) is 56.2 Å². The van der Waals surface area contributed by atoms with Crippen LogP contribution in [-0.4, -0.2) is 96.2 Å². The van der Waals surface area contributed by atoms with Crippen molar-refractivity contribution in [1.82, 2.24) is 10.2 Å². The number of amides is 3. The number of thioether (sulfide) groups is 1. The monoisotopic (exact) mass is 903 g/mol. The molecule has 3 aromatic rings. The van der Waals surface area contributed by atoms with E-state index in [4.69, 9.17) is 0 Å². The maximum atomic E-state index is 12.7. The highest BCUT2D eigenvalue weighted by atomic mass is 32.2. The van der Waals surface area contributed by atoms with Gasteiger partial charge in [0, 0.05) is 54.1 Å². The number of nitrogens with one attached hydrogen (secondary N) is 1. The maximum absolute atomic E-state index is 12.7. The predicted octanol–water partition coefficient (Wildman–Crippen LogP) is 7.22. The Morgan fingerprint density at radius 2 is 1.47 bits per heavy atom. The van der Waals surface area contributed by atoms with Crippen LogP contribution in [0.5, 0.6) is 0 Å². The van der Waals surface area contributed by atoms with Crippen LogP contribution in [0.1, 0.15) is 97.2 Å². The molecule has 16 heteroatoms. The number of imide groups is 1. The smallest absolute Gasteiger partial charge is 0.294 e. The number of hydrogen-bond acceptors (Lipinski definition) is 9. The number of rotatable bonds is 19. The van der Waals surface area contributed by atoms with Gasteiger partial charge in [0.15, 0.2) is 5.71 Å². The molecule has 3 aromatic carbocycles. The topological polar surface area (TPSA) is 181 Å². The molecule has 0 spiro atoms. The van der Waals surface area contributed by atoms with Crippen molar-refractivity contribution in [2.75, 3.05) is 42.3 Å². The first kappa shape index (κ1) is 46.6. The number of carbonyl (C=O) groups is 3. The lowest BCUT2D eigenvalue weighted by atomic mass is 9.81. The average molecular weight is 904 g/mol. The van der Waals surface area contributed by atoms with Gasteiger partial charge in [0.2, 0.25) is 11.6 Å². The fourth-order valence-corrected chi connectivity index (χ4v) is 10.3. The van der Waals surface area contributed by atoms with E-state index >= 15 is 0 Å². The fraction of sp³-hybridized carbons (Fsp3) is 0.391. The molecule has 3 N–H and O–H groups in total. The van der Waals surface area contributed by atoms with E-state index in [9.17, 15) is 40.3 Å². The Labute approximate surface area is 369 Å². The van der Waals surface area contributed by atoms with Gasteiger partial charge in [0.1, 0.15) is 7.05 Å². The van der Waals surface area contributed by atoms with Crippen LogP contribution in [0.3, 0.4) is 0 Å². The third-order valence-corrected chi connectivity index (χ3v) is 14.5. The van der Waals surface area contributed by atoms with E-state index in [1.165, 1.54) is 17.0 Å². The van der Waals surface area contributed by atoms with Crippen molar-refractivity contribution >= 4 is 66.8 Å². The Morgan fingerprint density at radius 1 is 0.790 bits per heavy atom. The molecule has 0 saturated carbocycles. The summed E-state index contributed by atoms with van der Waals surface area (Å²) in [5.41, 5.74) is 6.37. The molecule has 330 valence electrons. The molecule has 13 nitrogen and oxygen atoms in total. The normalized spacial score (nSPS) is 17.5. The van der Waals surface area contributed by atoms with Gasteiger partial charge in [-0.1, -0.05) is 63.1 Å². The third kappa shape index (κ3) is 10.3. The van der Waals surface area contributed by atoms with E-state index in [-0.39, 0.29) is 41.0 Å². The van der Waals surface area contributed by atoms with Gasteiger partial charge in [-0.2, -0.15) is 33.2 Å². The van der Waals surface area contributed by atoms with Gasteiger partial charge in [-0.25, -0.2) is 0 Å². The molecule has 3 aliphatic heterocycles. The second-order valence-electron chi connectivity index (χ2n) is 16.8. The first-order valence-corrected chi connectivity index (χ1v) is 24.9. The minimum absolute atomic E-state index is 0.0246. The summed E-state index contributed by atoms with van der Waals surface area (Å²) in [6, 6.07) is 17.5. The number of hydrogen-bond donors (Lipinski definition) is 3. The summed E-state index contributed by atoms with van der Waals surface area (Å²) in [4.78, 5) is 40.8. The van der Waals surface area contributed by atoms with E-state index in [1.54, 1.807) is 42.1 Å². The maximum Gasteiger partial charge on any atom is 0.294 e. The number of allylic oxidation sites excluding steroid dienone is 6. The number of nitrogens with zero attached hydrogens (tertiary/aromatic N) is 3. The highest BCUT2D eigenvalue weighted by Crippen LogP contribution is 2.48. The first-order valence-electron chi connectivity index (χ1n) is 20.7. The van der Waals surface area contributed by atoms with Crippen LogP contribution in [0.25, 0.3) is 0 Å². The summed E-state index contributed by atoms with van der Waals surface area (Å²) in [6.07, 6.45) is 13.4. The predicted molar refractivity (Wildman–Crippen MR) is 244 cm³/mol. The number of fused-ring (bicyclic) bond motifs is 3. The third-order valence-electron chi connectivity index (χ3n) is 11.8. The molecule has 0 saturated heterocycles. The summed E-state index contributed by atoms with van der Waals surface area (Å²) < 4.78 is 68.1. The highest BCUT2D eigenvalue weighted by Gasteiger charge is 2.43. The summed E-state index contributed by atoms with van der Waals surface area (Å²) >= 11 is 1.60. The van der Waals surface area contributed by atoms with Crippen molar-refractivity contribution in [2.24, 2.45) is 0 Å². The molecule has 3 aliphatic rings. The van der Waals surface area contributed by atoms with Crippen LogP contribution >= 0.6 is 11.8 Å². The Balaban J connectivity index is 0.986. The van der Waals surface area contributed by atoms with Crippen molar-refractivity contribution in [3.8, 4) is 0 Å². The van der Waals surface area contributed by atoms with Gasteiger partial charge >= 0.3 is 0 Å². The van der Waals surface area contributed by atoms with E-state index in [0.29, 0.717) is 41.2 Å². The second-order valence-corrected chi connectivity index (χ2v) is 20.9. The molecule has 0 aliphatic carbocycles. The molecule has 0 radical (unpaired) electrons. The summed E-state index contributed by atoms with van der Waals surface area (Å²) in [5.74, 6) is 0.338. The molecule has 0 fully saturated rings. The lowest BCUT2D eigenvalue weighted by Crippen LogP contribution is -2.30. The number of carbonyl (C=O) groups excluding carboxylic acids is 3. The number of unbranched alkanes of at least 4 members (excludes halogenated alkanes) is 3. The second kappa shape index (κ2) is 18.9. The number of benzene rings is 3. The number of anilines is 1. The Morgan fingerprint density at radius 3 is 2.15 bits per heavy atom. The van der Waals surface area contributed by atoms with Gasteiger partial charge in [-0.3, -0.25) is 28.4 Å². The van der Waals surface area contributed by atoms with Gasteiger partial charge in [-0.15, -0.1) is 0 Å². The van der Waals surface area contributed by atoms with Crippen LogP contribution in [-0.2, 0) is 42.4 Å².